The van der Waals surface area contributed by atoms with E-state index in [1.165, 1.54) is 23.2 Å². The number of ether oxygens (including phenoxy) is 1. The number of pyridine rings is 1. The second-order valence-electron chi connectivity index (χ2n) is 11.5. The topological polar surface area (TPSA) is 145 Å². The van der Waals surface area contributed by atoms with E-state index in [9.17, 15) is 40.3 Å². The molecule has 0 spiro atoms. The zero-order chi connectivity index (χ0) is 34.2. The molecule has 1 aliphatic carbocycles. The summed E-state index contributed by atoms with van der Waals surface area (Å²) in [7, 11) is 0. The minimum absolute atomic E-state index is 0.0600. The number of amides is 2. The number of rotatable bonds is 6. The Bertz CT molecular complexity index is 1480. The van der Waals surface area contributed by atoms with E-state index in [-0.39, 0.29) is 24.0 Å². The number of carbonyl (C=O) groups is 3. The molecule has 6 atom stereocenters. The van der Waals surface area contributed by atoms with Crippen LogP contribution in [0.4, 0.5) is 30.7 Å². The van der Waals surface area contributed by atoms with Gasteiger partial charge in [0, 0.05) is 29.6 Å². The van der Waals surface area contributed by atoms with Gasteiger partial charge in [-0.15, -0.1) is 0 Å². The molecule has 3 heterocycles. The first kappa shape index (κ1) is 34.4. The van der Waals surface area contributed by atoms with Crippen LogP contribution < -0.4 is 15.4 Å². The maximum absolute atomic E-state index is 14.2. The SMILES string of the molecule is CC[C@]1(C)CC(=O)N(C(c2cncc(F)c2)[C@@H]2C[C@H]2C(=O)N[C@H]2C[C@H](C(F)(F)F)Oc3ccccc32)C(=N)N1.O=C(O)C(F)(F)F. The molecule has 17 heteroatoms. The lowest BCUT2D eigenvalue weighted by Crippen LogP contribution is -2.61. The van der Waals surface area contributed by atoms with Gasteiger partial charge in [0.1, 0.15) is 11.6 Å². The van der Waals surface area contributed by atoms with Crippen LogP contribution in [0.5, 0.6) is 5.75 Å². The van der Waals surface area contributed by atoms with Crippen LogP contribution in [0.1, 0.15) is 62.7 Å². The maximum Gasteiger partial charge on any atom is 0.490 e. The van der Waals surface area contributed by atoms with E-state index >= 15 is 0 Å². The van der Waals surface area contributed by atoms with Gasteiger partial charge in [-0.3, -0.25) is 24.9 Å². The number of alkyl halides is 6. The van der Waals surface area contributed by atoms with Gasteiger partial charge < -0.3 is 20.5 Å². The van der Waals surface area contributed by atoms with Gasteiger partial charge in [0.25, 0.3) is 0 Å². The number of guanidine groups is 1. The first-order valence-corrected chi connectivity index (χ1v) is 14.1. The van der Waals surface area contributed by atoms with E-state index < -0.39 is 72.0 Å². The average molecular weight is 662 g/mol. The zero-order valence-corrected chi connectivity index (χ0v) is 24.4. The number of aromatic nitrogens is 1. The Morgan fingerprint density at radius 2 is 1.85 bits per heavy atom. The van der Waals surface area contributed by atoms with E-state index in [0.717, 1.165) is 6.20 Å². The van der Waals surface area contributed by atoms with E-state index in [2.05, 4.69) is 15.6 Å². The van der Waals surface area contributed by atoms with Gasteiger partial charge in [0.15, 0.2) is 12.1 Å². The lowest BCUT2D eigenvalue weighted by Gasteiger charge is -2.43. The third-order valence-electron chi connectivity index (χ3n) is 8.12. The Morgan fingerprint density at radius 3 is 2.41 bits per heavy atom. The third kappa shape index (κ3) is 7.67. The molecule has 0 radical (unpaired) electrons. The van der Waals surface area contributed by atoms with Crippen molar-refractivity contribution in [1.82, 2.24) is 20.5 Å². The van der Waals surface area contributed by atoms with E-state index in [4.69, 9.17) is 20.0 Å². The summed E-state index contributed by atoms with van der Waals surface area (Å²) in [5, 5.41) is 21.5. The fourth-order valence-electron chi connectivity index (χ4n) is 5.52. The molecule has 2 amide bonds. The predicted molar refractivity (Wildman–Crippen MR) is 146 cm³/mol. The van der Waals surface area contributed by atoms with Gasteiger partial charge in [-0.2, -0.15) is 26.3 Å². The van der Waals surface area contributed by atoms with Crippen molar-refractivity contribution in [1.29, 1.82) is 5.41 Å². The van der Waals surface area contributed by atoms with Gasteiger partial charge >= 0.3 is 18.3 Å². The summed E-state index contributed by atoms with van der Waals surface area (Å²) in [6, 6.07) is 5.73. The molecule has 1 aromatic carbocycles. The number of carbonyl (C=O) groups excluding carboxylic acids is 2. The Hall–Kier alpha value is -4.44. The number of para-hydroxylation sites is 1. The maximum atomic E-state index is 14.2. The van der Waals surface area contributed by atoms with Crippen molar-refractivity contribution in [2.24, 2.45) is 11.8 Å². The summed E-state index contributed by atoms with van der Waals surface area (Å²) in [6.45, 7) is 3.74. The molecule has 2 fully saturated rings. The van der Waals surface area contributed by atoms with Crippen molar-refractivity contribution in [3.8, 4) is 5.75 Å². The summed E-state index contributed by atoms with van der Waals surface area (Å²) < 4.78 is 91.6. The Balaban J connectivity index is 0.000000617. The summed E-state index contributed by atoms with van der Waals surface area (Å²) in [4.78, 5) is 40.7. The van der Waals surface area contributed by atoms with Crippen molar-refractivity contribution in [2.75, 3.05) is 0 Å². The zero-order valence-electron chi connectivity index (χ0n) is 24.4. The molecule has 1 saturated heterocycles. The van der Waals surface area contributed by atoms with Gasteiger partial charge in [-0.25, -0.2) is 9.18 Å². The minimum atomic E-state index is -5.08. The number of benzene rings is 1. The van der Waals surface area contributed by atoms with Crippen LogP contribution in [-0.2, 0) is 14.4 Å². The van der Waals surface area contributed by atoms with Crippen LogP contribution in [0.25, 0.3) is 0 Å². The lowest BCUT2D eigenvalue weighted by molar-refractivity contribution is -0.201. The van der Waals surface area contributed by atoms with Crippen molar-refractivity contribution < 1.29 is 55.0 Å². The van der Waals surface area contributed by atoms with E-state index in [0.29, 0.717) is 24.0 Å². The second-order valence-corrected chi connectivity index (χ2v) is 11.5. The van der Waals surface area contributed by atoms with Crippen LogP contribution in [0.3, 0.4) is 0 Å². The summed E-state index contributed by atoms with van der Waals surface area (Å²) in [6.07, 6.45) is -8.80. The van der Waals surface area contributed by atoms with Crippen molar-refractivity contribution in [3.05, 3.63) is 59.7 Å². The number of fused-ring (bicyclic) bond motifs is 1. The fraction of sp³-hybridized carbons (Fsp3) is 0.483. The van der Waals surface area contributed by atoms with Crippen LogP contribution >= 0.6 is 0 Å². The number of hydrogen-bond acceptors (Lipinski definition) is 6. The first-order chi connectivity index (χ1) is 21.3. The standard InChI is InChI=1S/C27H29F4N5O3.C2HF3O2/c1-3-26(2)11-22(37)36(25(32)35-26)23(14-8-15(28)13-33-12-14)17-9-18(17)24(38)34-19-10-21(27(29,30)31)39-20-7-5-4-6-16(19)20;3-2(4,5)1(6)7/h4-8,12-13,17-19,21,23H,3,9-11H2,1-2H3,(H2,32,35)(H,34,38);(H,6,7)/t17-,18-,19+,21-,23?,26-;/m1./s1. The van der Waals surface area contributed by atoms with Crippen LogP contribution in [0.15, 0.2) is 42.7 Å². The quantitative estimate of drug-likeness (QED) is 0.318. The second kappa shape index (κ2) is 12.7. The van der Waals surface area contributed by atoms with Crippen LogP contribution in [0.2, 0.25) is 0 Å². The molecular weight excluding hydrogens is 631 g/mol. The highest BCUT2D eigenvalue weighted by atomic mass is 19.4. The highest BCUT2D eigenvalue weighted by Gasteiger charge is 2.54. The van der Waals surface area contributed by atoms with Gasteiger partial charge in [0.05, 0.1) is 24.7 Å². The monoisotopic (exact) mass is 661 g/mol. The largest absolute Gasteiger partial charge is 0.490 e. The highest BCUT2D eigenvalue weighted by molar-refractivity contribution is 5.99. The summed E-state index contributed by atoms with van der Waals surface area (Å²) in [5.74, 6) is -5.43. The molecule has 4 N–H and O–H groups in total. The van der Waals surface area contributed by atoms with Crippen molar-refractivity contribution in [2.45, 2.75) is 75.6 Å². The molecule has 250 valence electrons. The number of nitrogens with one attached hydrogen (secondary N) is 3. The Kier molecular flexibility index (Phi) is 9.54. The molecule has 2 aromatic rings. The molecule has 1 saturated carbocycles. The first-order valence-electron chi connectivity index (χ1n) is 14.1. The van der Waals surface area contributed by atoms with Gasteiger partial charge in [0.2, 0.25) is 11.8 Å². The van der Waals surface area contributed by atoms with Gasteiger partial charge in [-0.05, 0) is 43.4 Å². The molecule has 46 heavy (non-hydrogen) atoms. The Labute approximate surface area is 257 Å². The molecule has 2 aliphatic heterocycles. The third-order valence-corrected chi connectivity index (χ3v) is 8.12. The van der Waals surface area contributed by atoms with Crippen molar-refractivity contribution in [3.63, 3.8) is 0 Å². The lowest BCUT2D eigenvalue weighted by atomic mass is 9.90. The molecule has 3 aliphatic rings. The highest BCUT2D eigenvalue weighted by Crippen LogP contribution is 2.52. The van der Waals surface area contributed by atoms with Crippen LogP contribution in [0, 0.1) is 23.1 Å². The average Bonchev–Trinajstić information content (AvgIpc) is 3.75. The number of carboxylic acid groups (broad SMARTS) is 1. The van der Waals surface area contributed by atoms with Gasteiger partial charge in [-0.1, -0.05) is 25.1 Å². The summed E-state index contributed by atoms with van der Waals surface area (Å²) >= 11 is 0. The molecule has 1 aromatic heterocycles. The van der Waals surface area contributed by atoms with Crippen molar-refractivity contribution >= 4 is 23.7 Å². The number of nitrogens with zero attached hydrogens (tertiary/aromatic N) is 2. The molecule has 5 rings (SSSR count). The smallest absolute Gasteiger partial charge is 0.480 e. The van der Waals surface area contributed by atoms with E-state index in [1.54, 1.807) is 18.2 Å². The predicted octanol–water partition coefficient (Wildman–Crippen LogP) is 5.03. The molecule has 1 unspecified atom stereocenters. The summed E-state index contributed by atoms with van der Waals surface area (Å²) in [5.41, 5.74) is 0.176. The molecular formula is C29H30F7N5O5. The number of aliphatic carboxylic acids is 1. The number of carboxylic acids is 1. The fourth-order valence-corrected chi connectivity index (χ4v) is 5.52. The molecule has 0 bridgehead atoms. The molecule has 10 nitrogen and oxygen atoms in total. The minimum Gasteiger partial charge on any atom is -0.480 e. The number of halogens is 7. The normalized spacial score (nSPS) is 26.4. The number of hydrogen-bond donors (Lipinski definition) is 4. The van der Waals surface area contributed by atoms with Crippen LogP contribution in [-0.4, -0.2) is 62.7 Å². The van der Waals surface area contributed by atoms with E-state index in [1.807, 2.05) is 13.8 Å². The Morgan fingerprint density at radius 1 is 1.20 bits per heavy atom.